The maximum atomic E-state index is 11.7. The Morgan fingerprint density at radius 3 is 2.33 bits per heavy atom. The van der Waals surface area contributed by atoms with E-state index in [1.807, 2.05) is 32.1 Å². The highest BCUT2D eigenvalue weighted by Gasteiger charge is 2.35. The number of hydrogen-bond donors (Lipinski definition) is 1. The summed E-state index contributed by atoms with van der Waals surface area (Å²) < 4.78 is 28.0. The Balaban J connectivity index is 3.21. The highest BCUT2D eigenvalue weighted by atomic mass is 16.7. The molecule has 0 spiro atoms. The van der Waals surface area contributed by atoms with Crippen molar-refractivity contribution in [1.82, 2.24) is 0 Å². The van der Waals surface area contributed by atoms with Crippen LogP contribution in [0.2, 0.25) is 0 Å². The smallest absolute Gasteiger partial charge is 0.161 e. The van der Waals surface area contributed by atoms with Crippen LogP contribution in [0.4, 0.5) is 0 Å². The van der Waals surface area contributed by atoms with Crippen molar-refractivity contribution in [3.8, 4) is 11.5 Å². The van der Waals surface area contributed by atoms with E-state index in [2.05, 4.69) is 19.1 Å². The van der Waals surface area contributed by atoms with Gasteiger partial charge in [0.25, 0.3) is 0 Å². The van der Waals surface area contributed by atoms with E-state index in [0.29, 0.717) is 11.5 Å². The molecule has 7 heteroatoms. The van der Waals surface area contributed by atoms with Gasteiger partial charge in [0, 0.05) is 18.9 Å². The Bertz CT molecular complexity index is 759. The minimum Gasteiger partial charge on any atom is -0.493 e. The number of hydrogen-bond acceptors (Lipinski definition) is 7. The molecular weight excluding hydrogens is 424 g/mol. The van der Waals surface area contributed by atoms with Crippen molar-refractivity contribution in [3.05, 3.63) is 47.6 Å². The molecule has 0 saturated carbocycles. The van der Waals surface area contributed by atoms with Crippen LogP contribution in [-0.4, -0.2) is 58.3 Å². The number of carbonyl (C=O) groups is 1. The summed E-state index contributed by atoms with van der Waals surface area (Å²) in [6, 6.07) is 5.51. The Kier molecular flexibility index (Phi) is 13.6. The molecule has 1 rings (SSSR count). The van der Waals surface area contributed by atoms with Gasteiger partial charge in [-0.15, -0.1) is 0 Å². The van der Waals surface area contributed by atoms with E-state index < -0.39 is 24.0 Å². The van der Waals surface area contributed by atoms with Crippen LogP contribution in [-0.2, 0) is 25.6 Å². The van der Waals surface area contributed by atoms with Crippen LogP contribution < -0.4 is 9.47 Å². The van der Waals surface area contributed by atoms with E-state index in [1.165, 1.54) is 0 Å². The minimum atomic E-state index is -0.581. The summed E-state index contributed by atoms with van der Waals surface area (Å²) in [5.74, 6) is 0.468. The van der Waals surface area contributed by atoms with Crippen molar-refractivity contribution in [2.75, 3.05) is 34.7 Å². The summed E-state index contributed by atoms with van der Waals surface area (Å²) in [5.41, 5.74) is 1.80. The highest BCUT2D eigenvalue weighted by molar-refractivity contribution is 5.54. The van der Waals surface area contributed by atoms with Crippen molar-refractivity contribution in [2.45, 2.75) is 46.5 Å². The molecule has 1 N–H and O–H groups in total. The number of aldehydes is 1. The maximum absolute atomic E-state index is 11.7. The second-order valence-electron chi connectivity index (χ2n) is 8.10. The van der Waals surface area contributed by atoms with Gasteiger partial charge in [-0.1, -0.05) is 38.1 Å². The van der Waals surface area contributed by atoms with E-state index >= 15 is 0 Å². The van der Waals surface area contributed by atoms with Crippen molar-refractivity contribution in [3.63, 3.8) is 0 Å². The lowest BCUT2D eigenvalue weighted by atomic mass is 9.85. The standard InChI is InChI=1S/C26H40O7/c1-8-9-18(2)12-19(3)25(33-17-29-5)22(15-28)26(20(4)14-27)32-16-21-10-11-23(30-6)24(13-21)31-7/h8-14,18,20,22,25-26,28H,15-17H2,1-7H3/b9-8-,19-12+/t18-,20+,22+,25+,26-/m0/s1. The van der Waals surface area contributed by atoms with Gasteiger partial charge in [0.1, 0.15) is 13.1 Å². The number of ether oxygens (including phenoxy) is 5. The Morgan fingerprint density at radius 2 is 1.79 bits per heavy atom. The SMILES string of the molecule is C/C=C\[C@H](C)/C=C(\C)[C@@H](OCOC)[C@@H](CO)[C@@H](OCc1ccc(OC)c(OC)c1)[C@H](C)C=O. The number of allylic oxidation sites excluding steroid dienone is 3. The molecule has 0 heterocycles. The van der Waals surface area contributed by atoms with Crippen LogP contribution in [0, 0.1) is 17.8 Å². The van der Waals surface area contributed by atoms with Crippen molar-refractivity contribution in [1.29, 1.82) is 0 Å². The fourth-order valence-corrected chi connectivity index (χ4v) is 3.88. The van der Waals surface area contributed by atoms with Gasteiger partial charge in [-0.25, -0.2) is 0 Å². The predicted molar refractivity (Wildman–Crippen MR) is 128 cm³/mol. The number of aliphatic hydroxyl groups is 1. The third kappa shape index (κ3) is 8.93. The number of carbonyl (C=O) groups excluding carboxylic acids is 1. The van der Waals surface area contributed by atoms with Gasteiger partial charge in [-0.3, -0.25) is 0 Å². The van der Waals surface area contributed by atoms with Gasteiger partial charge in [-0.05, 0) is 43.0 Å². The Labute approximate surface area is 198 Å². The molecule has 0 bridgehead atoms. The van der Waals surface area contributed by atoms with Gasteiger partial charge >= 0.3 is 0 Å². The van der Waals surface area contributed by atoms with Gasteiger partial charge in [0.2, 0.25) is 0 Å². The maximum Gasteiger partial charge on any atom is 0.161 e. The van der Waals surface area contributed by atoms with E-state index in [-0.39, 0.29) is 25.9 Å². The normalized spacial score (nSPS) is 16.8. The molecule has 0 unspecified atom stereocenters. The summed E-state index contributed by atoms with van der Waals surface area (Å²) in [6.07, 6.45) is 5.93. The molecular formula is C26H40O7. The number of benzene rings is 1. The summed E-state index contributed by atoms with van der Waals surface area (Å²) >= 11 is 0. The molecule has 5 atom stereocenters. The Morgan fingerprint density at radius 1 is 1.09 bits per heavy atom. The molecule has 0 aliphatic carbocycles. The average Bonchev–Trinajstić information content (AvgIpc) is 2.82. The number of rotatable bonds is 16. The predicted octanol–water partition coefficient (Wildman–Crippen LogP) is 4.18. The highest BCUT2D eigenvalue weighted by Crippen LogP contribution is 2.30. The first-order valence-electron chi connectivity index (χ1n) is 11.2. The molecule has 7 nitrogen and oxygen atoms in total. The monoisotopic (exact) mass is 464 g/mol. The lowest BCUT2D eigenvalue weighted by molar-refractivity contribution is -0.137. The molecule has 0 aromatic heterocycles. The van der Waals surface area contributed by atoms with Crippen LogP contribution in [0.25, 0.3) is 0 Å². The molecule has 1 aromatic carbocycles. The van der Waals surface area contributed by atoms with E-state index in [0.717, 1.165) is 17.4 Å². The first-order chi connectivity index (χ1) is 15.9. The zero-order chi connectivity index (χ0) is 24.8. The largest absolute Gasteiger partial charge is 0.493 e. The van der Waals surface area contributed by atoms with Crippen LogP contribution >= 0.6 is 0 Å². The molecule has 0 fully saturated rings. The summed E-state index contributed by atoms with van der Waals surface area (Å²) in [4.78, 5) is 11.7. The lowest BCUT2D eigenvalue weighted by Gasteiger charge is -2.35. The third-order valence-electron chi connectivity index (χ3n) is 5.48. The quantitative estimate of drug-likeness (QED) is 0.223. The summed E-state index contributed by atoms with van der Waals surface area (Å²) in [6.45, 7) is 7.86. The molecule has 0 amide bonds. The average molecular weight is 465 g/mol. The fraction of sp³-hybridized carbons (Fsp3) is 0.577. The molecule has 33 heavy (non-hydrogen) atoms. The van der Waals surface area contributed by atoms with Crippen LogP contribution in [0.15, 0.2) is 42.0 Å². The fourth-order valence-electron chi connectivity index (χ4n) is 3.88. The Hall–Kier alpha value is -2.19. The number of aliphatic hydroxyl groups excluding tert-OH is 1. The second-order valence-corrected chi connectivity index (χ2v) is 8.10. The molecule has 0 aliphatic heterocycles. The third-order valence-corrected chi connectivity index (χ3v) is 5.48. The van der Waals surface area contributed by atoms with Gasteiger partial charge in [-0.2, -0.15) is 0 Å². The van der Waals surface area contributed by atoms with Crippen LogP contribution in [0.1, 0.15) is 33.3 Å². The minimum absolute atomic E-state index is 0.0578. The van der Waals surface area contributed by atoms with Crippen LogP contribution in [0.5, 0.6) is 11.5 Å². The zero-order valence-electron chi connectivity index (χ0n) is 20.9. The van der Waals surface area contributed by atoms with Crippen molar-refractivity contribution >= 4 is 6.29 Å². The summed E-state index contributed by atoms with van der Waals surface area (Å²) in [5, 5.41) is 10.4. The zero-order valence-corrected chi connectivity index (χ0v) is 20.9. The van der Waals surface area contributed by atoms with Crippen molar-refractivity contribution in [2.24, 2.45) is 17.8 Å². The van der Waals surface area contributed by atoms with E-state index in [4.69, 9.17) is 23.7 Å². The first-order valence-corrected chi connectivity index (χ1v) is 11.2. The van der Waals surface area contributed by atoms with Crippen LogP contribution in [0.3, 0.4) is 0 Å². The summed E-state index contributed by atoms with van der Waals surface area (Å²) in [7, 11) is 4.70. The molecule has 186 valence electrons. The lowest BCUT2D eigenvalue weighted by Crippen LogP contribution is -2.43. The van der Waals surface area contributed by atoms with Crippen molar-refractivity contribution < 1.29 is 33.6 Å². The van der Waals surface area contributed by atoms with Gasteiger partial charge in [0.05, 0.1) is 39.6 Å². The van der Waals surface area contributed by atoms with Gasteiger partial charge in [0.15, 0.2) is 11.5 Å². The first kappa shape index (κ1) is 28.8. The van der Waals surface area contributed by atoms with Gasteiger partial charge < -0.3 is 33.6 Å². The molecule has 0 aliphatic rings. The molecule has 0 saturated heterocycles. The van der Waals surface area contributed by atoms with E-state index in [9.17, 15) is 9.90 Å². The second kappa shape index (κ2) is 15.6. The molecule has 1 aromatic rings. The number of methoxy groups -OCH3 is 3. The topological polar surface area (TPSA) is 83.5 Å². The van der Waals surface area contributed by atoms with E-state index in [1.54, 1.807) is 34.3 Å². The molecule has 0 radical (unpaired) electrons.